The van der Waals surface area contributed by atoms with Gasteiger partial charge in [0.05, 0.1) is 16.8 Å². The number of H-pyrrole nitrogens is 1. The Morgan fingerprint density at radius 3 is 2.35 bits per heavy atom. The number of aromatic nitrogens is 2. The average molecular weight is 439 g/mol. The van der Waals surface area contributed by atoms with Crippen LogP contribution in [0.5, 0.6) is 0 Å². The molecule has 0 amide bonds. The summed E-state index contributed by atoms with van der Waals surface area (Å²) < 4.78 is 78.6. The van der Waals surface area contributed by atoms with Crippen molar-refractivity contribution in [2.75, 3.05) is 6.54 Å². The van der Waals surface area contributed by atoms with E-state index >= 15 is 0 Å². The highest BCUT2D eigenvalue weighted by Gasteiger charge is 2.30. The van der Waals surface area contributed by atoms with Gasteiger partial charge >= 0.3 is 6.18 Å². The molecular formula is C21H15F6N3O. The lowest BCUT2D eigenvalue weighted by Crippen LogP contribution is -2.35. The Bertz CT molecular complexity index is 1190. The minimum Gasteiger partial charge on any atom is -0.306 e. The van der Waals surface area contributed by atoms with Crippen LogP contribution in [-0.4, -0.2) is 21.4 Å². The molecule has 1 aromatic heterocycles. The topological polar surface area (TPSA) is 49.0 Å². The van der Waals surface area contributed by atoms with Crippen molar-refractivity contribution in [3.8, 4) is 11.4 Å². The highest BCUT2D eigenvalue weighted by Crippen LogP contribution is 2.30. The van der Waals surface area contributed by atoms with Gasteiger partial charge in [-0.05, 0) is 18.2 Å². The molecular weight excluding hydrogens is 424 g/mol. The Morgan fingerprint density at radius 2 is 1.68 bits per heavy atom. The van der Waals surface area contributed by atoms with Gasteiger partial charge in [-0.3, -0.25) is 9.69 Å². The molecule has 0 saturated carbocycles. The summed E-state index contributed by atoms with van der Waals surface area (Å²) in [7, 11) is 0. The number of benzene rings is 2. The Hall–Kier alpha value is -3.14. The third-order valence-electron chi connectivity index (χ3n) is 5.12. The molecule has 31 heavy (non-hydrogen) atoms. The Balaban J connectivity index is 1.56. The molecule has 0 atom stereocenters. The molecule has 2 heterocycles. The quantitative estimate of drug-likeness (QED) is 0.485. The van der Waals surface area contributed by atoms with E-state index in [0.29, 0.717) is 35.9 Å². The van der Waals surface area contributed by atoms with Crippen LogP contribution in [-0.2, 0) is 25.7 Å². The maximum Gasteiger partial charge on any atom is 0.416 e. The Morgan fingerprint density at radius 1 is 1.00 bits per heavy atom. The highest BCUT2D eigenvalue weighted by atomic mass is 19.4. The molecule has 2 aromatic carbocycles. The first-order chi connectivity index (χ1) is 14.6. The van der Waals surface area contributed by atoms with E-state index in [1.165, 1.54) is 12.1 Å². The lowest BCUT2D eigenvalue weighted by Gasteiger charge is -2.28. The monoisotopic (exact) mass is 439 g/mol. The van der Waals surface area contributed by atoms with Crippen LogP contribution < -0.4 is 5.56 Å². The molecule has 0 spiro atoms. The zero-order valence-electron chi connectivity index (χ0n) is 15.9. The molecule has 1 N–H and O–H groups in total. The first kappa shape index (κ1) is 21.1. The first-order valence-electron chi connectivity index (χ1n) is 9.27. The molecule has 4 rings (SSSR count). The van der Waals surface area contributed by atoms with Crippen LogP contribution in [0.4, 0.5) is 26.3 Å². The third kappa shape index (κ3) is 4.34. The molecule has 1 aliphatic rings. The average Bonchev–Trinajstić information content (AvgIpc) is 2.72. The number of halogens is 6. The van der Waals surface area contributed by atoms with E-state index in [1.54, 1.807) is 4.90 Å². The third-order valence-corrected chi connectivity index (χ3v) is 5.12. The van der Waals surface area contributed by atoms with Gasteiger partial charge in [-0.2, -0.15) is 13.2 Å². The van der Waals surface area contributed by atoms with Crippen molar-refractivity contribution in [2.24, 2.45) is 0 Å². The second-order valence-electron chi connectivity index (χ2n) is 7.23. The van der Waals surface area contributed by atoms with Crippen molar-refractivity contribution in [2.45, 2.75) is 25.7 Å². The molecule has 10 heteroatoms. The van der Waals surface area contributed by atoms with Gasteiger partial charge in [0.1, 0.15) is 11.6 Å². The van der Waals surface area contributed by atoms with Crippen LogP contribution in [0.15, 0.2) is 41.2 Å². The summed E-state index contributed by atoms with van der Waals surface area (Å²) in [5, 5.41) is 0. The number of nitrogens with one attached hydrogen (secondary N) is 1. The van der Waals surface area contributed by atoms with Crippen molar-refractivity contribution in [1.82, 2.24) is 14.9 Å². The smallest absolute Gasteiger partial charge is 0.306 e. The largest absolute Gasteiger partial charge is 0.416 e. The van der Waals surface area contributed by atoms with Gasteiger partial charge in [0.15, 0.2) is 11.6 Å². The minimum atomic E-state index is -4.47. The van der Waals surface area contributed by atoms with Gasteiger partial charge in [-0.1, -0.05) is 12.1 Å². The standard InChI is InChI=1S/C21H15F6N3O/c22-15-8-17(24)16(23)7-12(15)9-30-6-5-18-14(10-30)20(31)29-19(28-18)11-1-3-13(4-2-11)21(25,26)27/h1-4,7-8H,5-6,9-10H2,(H,28,29,31). The molecule has 0 fully saturated rings. The van der Waals surface area contributed by atoms with Gasteiger partial charge in [0.2, 0.25) is 0 Å². The molecule has 0 bridgehead atoms. The van der Waals surface area contributed by atoms with Crippen molar-refractivity contribution in [3.63, 3.8) is 0 Å². The maximum atomic E-state index is 13.9. The molecule has 0 unspecified atom stereocenters. The molecule has 0 aliphatic carbocycles. The number of hydrogen-bond donors (Lipinski definition) is 1. The van der Waals surface area contributed by atoms with Crippen LogP contribution >= 0.6 is 0 Å². The first-order valence-corrected chi connectivity index (χ1v) is 9.27. The van der Waals surface area contributed by atoms with E-state index in [0.717, 1.165) is 18.2 Å². The van der Waals surface area contributed by atoms with Crippen LogP contribution in [0, 0.1) is 17.5 Å². The molecule has 3 aromatic rings. The zero-order chi connectivity index (χ0) is 22.3. The van der Waals surface area contributed by atoms with Crippen molar-refractivity contribution in [1.29, 1.82) is 0 Å². The molecule has 0 radical (unpaired) electrons. The number of hydrogen-bond acceptors (Lipinski definition) is 3. The fraction of sp³-hybridized carbons (Fsp3) is 0.238. The van der Waals surface area contributed by atoms with Crippen molar-refractivity contribution >= 4 is 0 Å². The summed E-state index contributed by atoms with van der Waals surface area (Å²) in [4.78, 5) is 21.2. The number of rotatable bonds is 3. The van der Waals surface area contributed by atoms with E-state index in [9.17, 15) is 31.1 Å². The van der Waals surface area contributed by atoms with Crippen LogP contribution in [0.25, 0.3) is 11.4 Å². The van der Waals surface area contributed by atoms with E-state index in [2.05, 4.69) is 9.97 Å². The molecule has 1 aliphatic heterocycles. The molecule has 4 nitrogen and oxygen atoms in total. The number of alkyl halides is 3. The summed E-state index contributed by atoms with van der Waals surface area (Å²) in [5.74, 6) is -3.16. The van der Waals surface area contributed by atoms with Gasteiger partial charge in [0, 0.05) is 43.2 Å². The summed E-state index contributed by atoms with van der Waals surface area (Å²) in [6.07, 6.45) is -4.14. The van der Waals surface area contributed by atoms with Crippen molar-refractivity contribution < 1.29 is 26.3 Å². The summed E-state index contributed by atoms with van der Waals surface area (Å²) in [6.45, 7) is 0.473. The summed E-state index contributed by atoms with van der Waals surface area (Å²) in [5.41, 5.74) is -0.148. The predicted molar refractivity (Wildman–Crippen MR) is 99.4 cm³/mol. The minimum absolute atomic E-state index is 0.0252. The lowest BCUT2D eigenvalue weighted by molar-refractivity contribution is -0.137. The number of fused-ring (bicyclic) bond motifs is 1. The van der Waals surface area contributed by atoms with E-state index in [-0.39, 0.29) is 24.5 Å². The number of aromatic amines is 1. The maximum absolute atomic E-state index is 13.9. The normalized spacial score (nSPS) is 14.5. The van der Waals surface area contributed by atoms with Gasteiger partial charge < -0.3 is 4.98 Å². The Labute approximate surface area is 172 Å². The predicted octanol–water partition coefficient (Wildman–Crippen LogP) is 4.43. The second-order valence-corrected chi connectivity index (χ2v) is 7.23. The molecule has 162 valence electrons. The van der Waals surface area contributed by atoms with Gasteiger partial charge in [0.25, 0.3) is 5.56 Å². The van der Waals surface area contributed by atoms with Gasteiger partial charge in [-0.15, -0.1) is 0 Å². The highest BCUT2D eigenvalue weighted by molar-refractivity contribution is 5.56. The fourth-order valence-corrected chi connectivity index (χ4v) is 3.50. The van der Waals surface area contributed by atoms with Crippen LogP contribution in [0.2, 0.25) is 0 Å². The zero-order valence-corrected chi connectivity index (χ0v) is 15.9. The summed E-state index contributed by atoms with van der Waals surface area (Å²) in [6, 6.07) is 5.55. The summed E-state index contributed by atoms with van der Waals surface area (Å²) >= 11 is 0. The van der Waals surface area contributed by atoms with E-state index in [1.807, 2.05) is 0 Å². The van der Waals surface area contributed by atoms with E-state index < -0.39 is 34.8 Å². The number of nitrogens with zero attached hydrogens (tertiary/aromatic N) is 2. The Kier molecular flexibility index (Phi) is 5.34. The van der Waals surface area contributed by atoms with Crippen molar-refractivity contribution in [3.05, 3.63) is 86.6 Å². The SMILES string of the molecule is O=c1[nH]c(-c2ccc(C(F)(F)F)cc2)nc2c1CN(Cc1cc(F)c(F)cc1F)CC2. The second kappa shape index (κ2) is 7.84. The lowest BCUT2D eigenvalue weighted by atomic mass is 10.0. The van der Waals surface area contributed by atoms with E-state index in [4.69, 9.17) is 0 Å². The molecule has 0 saturated heterocycles. The van der Waals surface area contributed by atoms with Crippen LogP contribution in [0.1, 0.15) is 22.4 Å². The van der Waals surface area contributed by atoms with Gasteiger partial charge in [-0.25, -0.2) is 18.2 Å². The fourth-order valence-electron chi connectivity index (χ4n) is 3.50. The van der Waals surface area contributed by atoms with Crippen LogP contribution in [0.3, 0.4) is 0 Å².